The van der Waals surface area contributed by atoms with Crippen molar-refractivity contribution in [2.75, 3.05) is 19.3 Å². The monoisotopic (exact) mass is 337 g/mol. The molecule has 1 aliphatic rings. The summed E-state index contributed by atoms with van der Waals surface area (Å²) in [7, 11) is 1.45. The third-order valence-electron chi connectivity index (χ3n) is 3.94. The predicted octanol–water partition coefficient (Wildman–Crippen LogP) is -1.72. The van der Waals surface area contributed by atoms with Gasteiger partial charge in [0.15, 0.2) is 5.78 Å². The number of nitrogens with one attached hydrogen (secondary N) is 1. The molecule has 1 atom stereocenters. The predicted molar refractivity (Wildman–Crippen MR) is 82.3 cm³/mol. The molecule has 0 spiro atoms. The van der Waals surface area contributed by atoms with Crippen molar-refractivity contribution in [2.24, 2.45) is 0 Å². The Morgan fingerprint density at radius 2 is 2.12 bits per heavy atom. The molecule has 0 bridgehead atoms. The molecule has 0 saturated carbocycles. The molecule has 130 valence electrons. The van der Waals surface area contributed by atoms with Crippen LogP contribution in [0.25, 0.3) is 0 Å². The molecule has 0 aliphatic carbocycles. The number of carbonyl (C=O) groups excluding carboxylic acids is 3. The Morgan fingerprint density at radius 3 is 2.67 bits per heavy atom. The molecule has 24 heavy (non-hydrogen) atoms. The first-order chi connectivity index (χ1) is 11.2. The van der Waals surface area contributed by atoms with Gasteiger partial charge in [-0.2, -0.15) is 0 Å². The summed E-state index contributed by atoms with van der Waals surface area (Å²) in [6.07, 6.45) is -0.298. The zero-order chi connectivity index (χ0) is 18.1. The lowest BCUT2D eigenvalue weighted by Gasteiger charge is -2.41. The van der Waals surface area contributed by atoms with Crippen LogP contribution < -0.4 is 11.1 Å². The summed E-state index contributed by atoms with van der Waals surface area (Å²) in [6, 6.07) is 4.10. The van der Waals surface area contributed by atoms with Crippen molar-refractivity contribution in [3.05, 3.63) is 29.3 Å². The number of amides is 1. The molecule has 0 aromatic heterocycles. The van der Waals surface area contributed by atoms with Gasteiger partial charge in [-0.15, -0.1) is 0 Å². The molecule has 9 nitrogen and oxygen atoms in total. The zero-order valence-electron chi connectivity index (χ0n) is 13.0. The number of hydrogen-bond acceptors (Lipinski definition) is 8. The van der Waals surface area contributed by atoms with E-state index in [0.29, 0.717) is 6.29 Å². The molecule has 0 fully saturated rings. The molecular weight excluding hydrogens is 318 g/mol. The fraction of sp³-hybridized carbons (Fsp3) is 0.400. The van der Waals surface area contributed by atoms with Crippen LogP contribution >= 0.6 is 0 Å². The summed E-state index contributed by atoms with van der Waals surface area (Å²) in [5.74, 6) is -4.85. The summed E-state index contributed by atoms with van der Waals surface area (Å²) < 4.78 is 0. The van der Waals surface area contributed by atoms with Crippen LogP contribution in [0.3, 0.4) is 0 Å². The quantitative estimate of drug-likeness (QED) is 0.224. The van der Waals surface area contributed by atoms with Crippen molar-refractivity contribution in [3.8, 4) is 0 Å². The summed E-state index contributed by atoms with van der Waals surface area (Å²) in [5, 5.41) is 34.3. The fourth-order valence-electron chi connectivity index (χ4n) is 2.86. The average molecular weight is 337 g/mol. The van der Waals surface area contributed by atoms with Gasteiger partial charge >= 0.3 is 0 Å². The first-order valence-corrected chi connectivity index (χ1v) is 7.24. The number of nitrogen functional groups attached to an aromatic ring is 1. The lowest BCUT2D eigenvalue weighted by Crippen LogP contribution is -2.63. The minimum absolute atomic E-state index is 0.0767. The SMILES string of the molecule is CNCC(=O)C(O)(CCC=O)N1C(=O)c2cccc(N)c2C1(O)O. The molecule has 6 N–H and O–H groups in total. The average Bonchev–Trinajstić information content (AvgIpc) is 2.73. The van der Waals surface area contributed by atoms with E-state index >= 15 is 0 Å². The highest BCUT2D eigenvalue weighted by atomic mass is 16.5. The number of ketones is 1. The highest BCUT2D eigenvalue weighted by Crippen LogP contribution is 2.43. The highest BCUT2D eigenvalue weighted by molar-refractivity contribution is 6.04. The first kappa shape index (κ1) is 18.0. The Morgan fingerprint density at radius 1 is 1.46 bits per heavy atom. The molecule has 1 heterocycles. The highest BCUT2D eigenvalue weighted by Gasteiger charge is 2.59. The second-order valence-electron chi connectivity index (χ2n) is 5.52. The second kappa shape index (κ2) is 6.29. The largest absolute Gasteiger partial charge is 0.398 e. The molecule has 1 aromatic rings. The van der Waals surface area contributed by atoms with Gasteiger partial charge in [0.2, 0.25) is 5.72 Å². The van der Waals surface area contributed by atoms with Gasteiger partial charge in [-0.1, -0.05) is 6.07 Å². The van der Waals surface area contributed by atoms with Crippen LogP contribution in [0, 0.1) is 0 Å². The molecule has 2 rings (SSSR count). The minimum Gasteiger partial charge on any atom is -0.398 e. The van der Waals surface area contributed by atoms with Gasteiger partial charge in [0, 0.05) is 18.5 Å². The maximum atomic E-state index is 12.6. The van der Waals surface area contributed by atoms with Crippen LogP contribution in [0.2, 0.25) is 0 Å². The van der Waals surface area contributed by atoms with E-state index in [9.17, 15) is 29.7 Å². The molecule has 9 heteroatoms. The lowest BCUT2D eigenvalue weighted by molar-refractivity contribution is -0.301. The van der Waals surface area contributed by atoms with Gasteiger partial charge < -0.3 is 31.2 Å². The van der Waals surface area contributed by atoms with Crippen molar-refractivity contribution in [3.63, 3.8) is 0 Å². The van der Waals surface area contributed by atoms with E-state index in [1.165, 1.54) is 25.2 Å². The Bertz CT molecular complexity index is 690. The van der Waals surface area contributed by atoms with Gasteiger partial charge in [-0.25, -0.2) is 4.90 Å². The number of nitrogens with two attached hydrogens (primary N) is 1. The van der Waals surface area contributed by atoms with Gasteiger partial charge in [-0.05, 0) is 19.2 Å². The van der Waals surface area contributed by atoms with Gasteiger partial charge in [0.05, 0.1) is 17.7 Å². The van der Waals surface area contributed by atoms with Crippen LogP contribution in [-0.4, -0.2) is 57.5 Å². The van der Waals surface area contributed by atoms with E-state index in [4.69, 9.17) is 5.73 Å². The van der Waals surface area contributed by atoms with Crippen LogP contribution in [-0.2, 0) is 15.5 Å². The third-order valence-corrected chi connectivity index (χ3v) is 3.94. The summed E-state index contributed by atoms with van der Waals surface area (Å²) in [6.45, 7) is -0.346. The first-order valence-electron chi connectivity index (χ1n) is 7.24. The van der Waals surface area contributed by atoms with Gasteiger partial charge in [0.25, 0.3) is 11.8 Å². The van der Waals surface area contributed by atoms with E-state index in [0.717, 1.165) is 0 Å². The number of carbonyl (C=O) groups is 3. The molecule has 1 unspecified atom stereocenters. The Labute approximate surface area is 137 Å². The zero-order valence-corrected chi connectivity index (χ0v) is 13.0. The number of hydrogen-bond donors (Lipinski definition) is 5. The Hall–Kier alpha value is -2.33. The number of aldehydes is 1. The number of fused-ring (bicyclic) bond motifs is 1. The standard InChI is InChI=1S/C15H19N3O6/c1-17-8-11(20)14(22,6-3-7-19)18-13(21)9-4-2-5-10(16)12(9)15(18,23)24/h2,4-5,7,17,22-24H,3,6,8,16H2,1H3. The van der Waals surface area contributed by atoms with E-state index < -0.39 is 29.7 Å². The number of likely N-dealkylation sites (N-methyl/N-ethyl adjacent to an activating group) is 1. The molecule has 0 saturated heterocycles. The smallest absolute Gasteiger partial charge is 0.283 e. The Kier molecular flexibility index (Phi) is 4.72. The fourth-order valence-corrected chi connectivity index (χ4v) is 2.86. The number of Topliss-reactive ketones (excluding diaryl/α,β-unsaturated/α-hetero) is 1. The molecular formula is C15H19N3O6. The molecule has 1 aromatic carbocycles. The number of benzene rings is 1. The summed E-state index contributed by atoms with van der Waals surface area (Å²) >= 11 is 0. The second-order valence-corrected chi connectivity index (χ2v) is 5.52. The number of anilines is 1. The van der Waals surface area contributed by atoms with Crippen LogP contribution in [0.1, 0.15) is 28.8 Å². The van der Waals surface area contributed by atoms with E-state index in [1.807, 2.05) is 0 Å². The van der Waals surface area contributed by atoms with E-state index in [-0.39, 0.29) is 34.7 Å². The van der Waals surface area contributed by atoms with Crippen LogP contribution in [0.5, 0.6) is 0 Å². The number of rotatable bonds is 7. The summed E-state index contributed by atoms with van der Waals surface area (Å²) in [4.78, 5) is 35.9. The molecule has 1 amide bonds. The molecule has 0 radical (unpaired) electrons. The normalized spacial score (nSPS) is 18.2. The Balaban J connectivity index is 2.59. The van der Waals surface area contributed by atoms with Crippen molar-refractivity contribution >= 4 is 23.7 Å². The topological polar surface area (TPSA) is 153 Å². The van der Waals surface area contributed by atoms with Crippen molar-refractivity contribution in [1.29, 1.82) is 0 Å². The van der Waals surface area contributed by atoms with Crippen molar-refractivity contribution < 1.29 is 29.7 Å². The van der Waals surface area contributed by atoms with Crippen molar-refractivity contribution in [1.82, 2.24) is 10.2 Å². The maximum absolute atomic E-state index is 12.6. The van der Waals surface area contributed by atoms with Gasteiger partial charge in [0.1, 0.15) is 6.29 Å². The van der Waals surface area contributed by atoms with E-state index in [2.05, 4.69) is 5.32 Å². The third kappa shape index (κ3) is 2.57. The molecule has 1 aliphatic heterocycles. The summed E-state index contributed by atoms with van der Waals surface area (Å²) in [5.41, 5.74) is 2.61. The van der Waals surface area contributed by atoms with Crippen molar-refractivity contribution in [2.45, 2.75) is 24.5 Å². The lowest BCUT2D eigenvalue weighted by atomic mass is 9.99. The van der Waals surface area contributed by atoms with Crippen LogP contribution in [0.4, 0.5) is 5.69 Å². The van der Waals surface area contributed by atoms with Gasteiger partial charge in [-0.3, -0.25) is 9.59 Å². The number of nitrogens with zero attached hydrogens (tertiary/aromatic N) is 1. The number of aliphatic hydroxyl groups is 3. The maximum Gasteiger partial charge on any atom is 0.283 e. The minimum atomic E-state index is -2.99. The van der Waals surface area contributed by atoms with Crippen LogP contribution in [0.15, 0.2) is 18.2 Å². The van der Waals surface area contributed by atoms with E-state index in [1.54, 1.807) is 0 Å².